The van der Waals surface area contributed by atoms with Crippen LogP contribution in [0.3, 0.4) is 0 Å². The van der Waals surface area contributed by atoms with Crippen molar-refractivity contribution in [2.24, 2.45) is 0 Å². The highest BCUT2D eigenvalue weighted by Gasteiger charge is 2.46. The number of allylic oxidation sites excluding steroid dienone is 3. The maximum atomic E-state index is 11.6. The zero-order chi connectivity index (χ0) is 24.8. The van der Waals surface area contributed by atoms with E-state index in [2.05, 4.69) is 134 Å². The van der Waals surface area contributed by atoms with Crippen LogP contribution in [0.15, 0.2) is 157 Å². The van der Waals surface area contributed by atoms with Crippen molar-refractivity contribution in [3.63, 3.8) is 0 Å². The Bertz CT molecular complexity index is 1270. The van der Waals surface area contributed by atoms with Crippen molar-refractivity contribution in [1.29, 1.82) is 0 Å². The van der Waals surface area contributed by atoms with E-state index in [4.69, 9.17) is 0 Å². The summed E-state index contributed by atoms with van der Waals surface area (Å²) in [5, 5.41) is 11.6. The van der Waals surface area contributed by atoms with Gasteiger partial charge >= 0.3 is 0 Å². The van der Waals surface area contributed by atoms with Crippen LogP contribution in [0.1, 0.15) is 41.5 Å². The third-order valence-electron chi connectivity index (χ3n) is 7.32. The van der Waals surface area contributed by atoms with Crippen LogP contribution in [0.5, 0.6) is 0 Å². The van der Waals surface area contributed by atoms with Crippen LogP contribution in [-0.2, 0) is 5.41 Å². The van der Waals surface area contributed by atoms with E-state index in [9.17, 15) is 5.11 Å². The lowest BCUT2D eigenvalue weighted by atomic mass is 9.57. The predicted octanol–water partition coefficient (Wildman–Crippen LogP) is 8.00. The van der Waals surface area contributed by atoms with Crippen LogP contribution >= 0.6 is 0 Å². The quantitative estimate of drug-likeness (QED) is 0.272. The van der Waals surface area contributed by atoms with Crippen molar-refractivity contribution in [2.75, 3.05) is 0 Å². The van der Waals surface area contributed by atoms with Gasteiger partial charge < -0.3 is 5.11 Å². The molecule has 178 valence electrons. The van der Waals surface area contributed by atoms with Gasteiger partial charge in [-0.3, -0.25) is 0 Å². The maximum absolute atomic E-state index is 11.6. The van der Waals surface area contributed by atoms with Crippen molar-refractivity contribution >= 4 is 0 Å². The van der Waals surface area contributed by atoms with Gasteiger partial charge in [0.1, 0.15) is 5.60 Å². The molecule has 1 heteroatoms. The fourth-order valence-electron chi connectivity index (χ4n) is 5.79. The van der Waals surface area contributed by atoms with Gasteiger partial charge in [0, 0.05) is 12.3 Å². The molecule has 0 spiro atoms. The van der Waals surface area contributed by atoms with E-state index in [0.29, 0.717) is 6.42 Å². The van der Waals surface area contributed by atoms with Crippen LogP contribution in [-0.4, -0.2) is 10.7 Å². The van der Waals surface area contributed by atoms with E-state index < -0.39 is 11.0 Å². The average molecular weight is 469 g/mol. The van der Waals surface area contributed by atoms with Crippen LogP contribution in [0, 0.1) is 0 Å². The van der Waals surface area contributed by atoms with Crippen LogP contribution in [0.2, 0.25) is 0 Å². The molecule has 0 radical (unpaired) electrons. The van der Waals surface area contributed by atoms with E-state index in [1.807, 2.05) is 24.3 Å². The van der Waals surface area contributed by atoms with Gasteiger partial charge in [-0.25, -0.2) is 0 Å². The Balaban J connectivity index is 1.89. The van der Waals surface area contributed by atoms with E-state index in [-0.39, 0.29) is 5.92 Å². The molecule has 1 atom stereocenters. The summed E-state index contributed by atoms with van der Waals surface area (Å²) in [7, 11) is 0. The smallest absolute Gasteiger partial charge is 0.105 e. The minimum atomic E-state index is -1.04. The van der Waals surface area contributed by atoms with Crippen molar-refractivity contribution < 1.29 is 5.11 Å². The molecule has 0 aliphatic heterocycles. The molecule has 5 rings (SSSR count). The monoisotopic (exact) mass is 468 g/mol. The second-order valence-corrected chi connectivity index (χ2v) is 9.60. The first-order valence-corrected chi connectivity index (χ1v) is 12.6. The van der Waals surface area contributed by atoms with E-state index in [0.717, 1.165) is 5.57 Å². The minimum absolute atomic E-state index is 0.0207. The largest absolute Gasteiger partial charge is 0.381 e. The predicted molar refractivity (Wildman–Crippen MR) is 150 cm³/mol. The summed E-state index contributed by atoms with van der Waals surface area (Å²) in [5.74, 6) is -0.0207. The van der Waals surface area contributed by atoms with Crippen molar-refractivity contribution in [2.45, 2.75) is 30.3 Å². The fourth-order valence-corrected chi connectivity index (χ4v) is 5.79. The van der Waals surface area contributed by atoms with Gasteiger partial charge in [0.15, 0.2) is 0 Å². The minimum Gasteiger partial charge on any atom is -0.381 e. The highest BCUT2D eigenvalue weighted by Crippen LogP contribution is 2.53. The number of hydrogen-bond acceptors (Lipinski definition) is 1. The SMILES string of the molecule is CC(=CC1(O)C=CC=CC1)C(c1ccccc1)(c1ccccc1)C(c1ccccc1)c1ccccc1. The first-order valence-electron chi connectivity index (χ1n) is 12.6. The molecule has 0 saturated heterocycles. The third kappa shape index (κ3) is 4.51. The zero-order valence-electron chi connectivity index (χ0n) is 20.7. The lowest BCUT2D eigenvalue weighted by Gasteiger charge is -2.45. The lowest BCUT2D eigenvalue weighted by Crippen LogP contribution is -2.39. The number of benzene rings is 4. The molecule has 0 aromatic heterocycles. The molecular formula is C35H32O. The summed E-state index contributed by atoms with van der Waals surface area (Å²) in [6, 6.07) is 43.0. The second kappa shape index (κ2) is 10.4. The van der Waals surface area contributed by atoms with Crippen LogP contribution in [0.25, 0.3) is 0 Å². The Morgan fingerprint density at radius 3 is 1.56 bits per heavy atom. The van der Waals surface area contributed by atoms with Gasteiger partial charge in [-0.1, -0.05) is 145 Å². The molecule has 4 aromatic carbocycles. The van der Waals surface area contributed by atoms with Gasteiger partial charge in [0.25, 0.3) is 0 Å². The zero-order valence-corrected chi connectivity index (χ0v) is 20.7. The first kappa shape index (κ1) is 23.8. The Hall–Kier alpha value is -3.94. The summed E-state index contributed by atoms with van der Waals surface area (Å²) in [6.45, 7) is 2.18. The third-order valence-corrected chi connectivity index (χ3v) is 7.32. The van der Waals surface area contributed by atoms with Crippen molar-refractivity contribution in [3.8, 4) is 0 Å². The van der Waals surface area contributed by atoms with Crippen molar-refractivity contribution in [3.05, 3.63) is 180 Å². The molecule has 0 heterocycles. The highest BCUT2D eigenvalue weighted by molar-refractivity contribution is 5.57. The molecule has 0 bridgehead atoms. The van der Waals surface area contributed by atoms with Gasteiger partial charge in [0.05, 0.1) is 5.41 Å². The molecule has 0 fully saturated rings. The highest BCUT2D eigenvalue weighted by atomic mass is 16.3. The Labute approximate surface area is 214 Å². The molecule has 1 unspecified atom stereocenters. The first-order chi connectivity index (χ1) is 17.6. The fraction of sp³-hybridized carbons (Fsp3) is 0.143. The molecule has 1 aliphatic rings. The molecule has 36 heavy (non-hydrogen) atoms. The summed E-state index contributed by atoms with van der Waals surface area (Å²) in [5.41, 5.74) is 4.37. The molecule has 1 aliphatic carbocycles. The Morgan fingerprint density at radius 2 is 1.14 bits per heavy atom. The normalized spacial score (nSPS) is 17.9. The Morgan fingerprint density at radius 1 is 0.694 bits per heavy atom. The van der Waals surface area contributed by atoms with E-state index >= 15 is 0 Å². The second-order valence-electron chi connectivity index (χ2n) is 9.60. The summed E-state index contributed by atoms with van der Waals surface area (Å²) in [4.78, 5) is 0. The van der Waals surface area contributed by atoms with Crippen LogP contribution in [0.4, 0.5) is 0 Å². The van der Waals surface area contributed by atoms with E-state index in [1.54, 1.807) is 0 Å². The number of rotatable bonds is 7. The topological polar surface area (TPSA) is 20.2 Å². The molecule has 0 amide bonds. The summed E-state index contributed by atoms with van der Waals surface area (Å²) >= 11 is 0. The molecular weight excluding hydrogens is 436 g/mol. The lowest BCUT2D eigenvalue weighted by molar-refractivity contribution is 0.143. The molecule has 4 aromatic rings. The Kier molecular flexibility index (Phi) is 6.84. The summed E-state index contributed by atoms with van der Waals surface area (Å²) in [6.07, 6.45) is 10.5. The molecule has 1 N–H and O–H groups in total. The van der Waals surface area contributed by atoms with Gasteiger partial charge in [0.2, 0.25) is 0 Å². The van der Waals surface area contributed by atoms with Gasteiger partial charge in [-0.2, -0.15) is 0 Å². The summed E-state index contributed by atoms with van der Waals surface area (Å²) < 4.78 is 0. The standard InChI is InChI=1S/C35H32O/c1-28(27-34(36)25-15-6-16-26-34)35(31-21-11-4-12-22-31,32-23-13-5-14-24-32)33(29-17-7-2-8-18-29)30-19-9-3-10-20-30/h2-25,27,33,36H,26H2,1H3. The maximum Gasteiger partial charge on any atom is 0.105 e. The number of hydrogen-bond donors (Lipinski definition) is 1. The van der Waals surface area contributed by atoms with Crippen LogP contribution < -0.4 is 0 Å². The molecule has 0 saturated carbocycles. The van der Waals surface area contributed by atoms with Gasteiger partial charge in [-0.05, 0) is 41.3 Å². The van der Waals surface area contributed by atoms with E-state index in [1.165, 1.54) is 22.3 Å². The van der Waals surface area contributed by atoms with Crippen molar-refractivity contribution in [1.82, 2.24) is 0 Å². The molecule has 1 nitrogen and oxygen atoms in total. The number of aliphatic hydroxyl groups is 1. The van der Waals surface area contributed by atoms with Gasteiger partial charge in [-0.15, -0.1) is 0 Å². The average Bonchev–Trinajstić information content (AvgIpc) is 2.93.